The van der Waals surface area contributed by atoms with E-state index in [-0.39, 0.29) is 12.0 Å². The number of anilines is 1. The lowest BCUT2D eigenvalue weighted by Crippen LogP contribution is -2.15. The quantitative estimate of drug-likeness (QED) is 0.947. The number of carbonyl (C=O) groups excluding carboxylic acids is 1. The van der Waals surface area contributed by atoms with Gasteiger partial charge >= 0.3 is 0 Å². The van der Waals surface area contributed by atoms with E-state index in [1.54, 1.807) is 18.2 Å². The van der Waals surface area contributed by atoms with Crippen LogP contribution in [0.4, 0.5) is 14.6 Å². The van der Waals surface area contributed by atoms with Crippen LogP contribution >= 0.6 is 0 Å². The Balaban J connectivity index is 1.85. The summed E-state index contributed by atoms with van der Waals surface area (Å²) in [6.45, 7) is 0. The van der Waals surface area contributed by atoms with E-state index in [0.29, 0.717) is 16.9 Å². The summed E-state index contributed by atoms with van der Waals surface area (Å²) in [6.07, 6.45) is 0.660. The van der Waals surface area contributed by atoms with E-state index in [4.69, 9.17) is 5.26 Å². The maximum atomic E-state index is 13.3. The number of carbonyl (C=O) groups is 1. The molecule has 0 aliphatic heterocycles. The van der Waals surface area contributed by atoms with Gasteiger partial charge in [0.25, 0.3) is 0 Å². The van der Waals surface area contributed by atoms with E-state index in [1.165, 1.54) is 24.4 Å². The number of benzene rings is 1. The molecule has 1 aromatic heterocycles. The van der Waals surface area contributed by atoms with Crippen LogP contribution in [0, 0.1) is 23.1 Å². The zero-order valence-electron chi connectivity index (χ0n) is 11.4. The van der Waals surface area contributed by atoms with Gasteiger partial charge < -0.3 is 5.32 Å². The number of aromatic nitrogens is 1. The number of pyridine rings is 1. The minimum atomic E-state index is -1.07. The van der Waals surface area contributed by atoms with Crippen LogP contribution in [-0.2, 0) is 4.79 Å². The van der Waals surface area contributed by atoms with Crippen molar-refractivity contribution in [3.63, 3.8) is 0 Å². The highest BCUT2D eigenvalue weighted by Gasteiger charge is 2.43. The zero-order valence-corrected chi connectivity index (χ0v) is 11.4. The third-order valence-electron chi connectivity index (χ3n) is 3.48. The molecular weight excluding hydrogens is 288 g/mol. The normalized spacial score (nSPS) is 19.3. The summed E-state index contributed by atoms with van der Waals surface area (Å²) in [5.41, 5.74) is 1.25. The Kier molecular flexibility index (Phi) is 3.55. The van der Waals surface area contributed by atoms with Crippen molar-refractivity contribution >= 4 is 11.7 Å². The van der Waals surface area contributed by atoms with Crippen LogP contribution in [0.5, 0.6) is 0 Å². The summed E-state index contributed by atoms with van der Waals surface area (Å²) in [7, 11) is 0. The molecule has 1 aromatic carbocycles. The third-order valence-corrected chi connectivity index (χ3v) is 3.48. The lowest BCUT2D eigenvalue weighted by atomic mass is 10.0. The highest BCUT2D eigenvalue weighted by atomic mass is 19.1. The van der Waals surface area contributed by atoms with Crippen molar-refractivity contribution in [2.24, 2.45) is 5.92 Å². The molecule has 0 spiro atoms. The van der Waals surface area contributed by atoms with Crippen molar-refractivity contribution in [3.05, 3.63) is 47.9 Å². The Morgan fingerprint density at radius 3 is 2.73 bits per heavy atom. The summed E-state index contributed by atoms with van der Waals surface area (Å²) in [5, 5.41) is 11.4. The molecule has 0 radical (unpaired) electrons. The summed E-state index contributed by atoms with van der Waals surface area (Å²) in [6, 6.07) is 9.23. The van der Waals surface area contributed by atoms with E-state index in [9.17, 15) is 13.6 Å². The molecule has 0 saturated heterocycles. The summed E-state index contributed by atoms with van der Waals surface area (Å²) in [5.74, 6) is -1.28. The second kappa shape index (κ2) is 5.53. The Hall–Kier alpha value is -2.81. The highest BCUT2D eigenvalue weighted by Crippen LogP contribution is 2.34. The van der Waals surface area contributed by atoms with Crippen LogP contribution in [0.2, 0.25) is 0 Å². The Morgan fingerprint density at radius 1 is 1.32 bits per heavy atom. The fourth-order valence-corrected chi connectivity index (χ4v) is 2.12. The van der Waals surface area contributed by atoms with Gasteiger partial charge in [0.05, 0.1) is 11.5 Å². The van der Waals surface area contributed by atoms with Crippen LogP contribution in [0.3, 0.4) is 0 Å². The molecule has 1 aliphatic rings. The molecule has 2 aromatic rings. The number of hydrogen-bond donors (Lipinski definition) is 1. The lowest BCUT2D eigenvalue weighted by Gasteiger charge is -2.07. The topological polar surface area (TPSA) is 65.8 Å². The van der Waals surface area contributed by atoms with Gasteiger partial charge in [0.2, 0.25) is 5.91 Å². The predicted octanol–water partition coefficient (Wildman–Crippen LogP) is 3.06. The molecule has 1 N–H and O–H groups in total. The van der Waals surface area contributed by atoms with Gasteiger partial charge in [0.1, 0.15) is 23.9 Å². The average molecular weight is 299 g/mol. The number of nitriles is 1. The predicted molar refractivity (Wildman–Crippen MR) is 76.0 cm³/mol. The molecule has 1 saturated carbocycles. The van der Waals surface area contributed by atoms with E-state index < -0.39 is 23.8 Å². The second-order valence-electron chi connectivity index (χ2n) is 5.08. The van der Waals surface area contributed by atoms with Crippen LogP contribution in [-0.4, -0.2) is 17.1 Å². The molecule has 2 atom stereocenters. The van der Waals surface area contributed by atoms with Crippen molar-refractivity contribution in [1.82, 2.24) is 4.98 Å². The minimum Gasteiger partial charge on any atom is -0.310 e. The number of nitrogens with zero attached hydrogens (tertiary/aromatic N) is 2. The molecular formula is C16H11F2N3O. The van der Waals surface area contributed by atoms with Gasteiger partial charge in [0.15, 0.2) is 0 Å². The van der Waals surface area contributed by atoms with Gasteiger partial charge in [-0.1, -0.05) is 6.07 Å². The molecule has 1 amide bonds. The Morgan fingerprint density at radius 2 is 2.05 bits per heavy atom. The fraction of sp³-hybridized carbons (Fsp3) is 0.188. The van der Waals surface area contributed by atoms with Crippen LogP contribution < -0.4 is 5.32 Å². The number of amides is 1. The first-order valence-corrected chi connectivity index (χ1v) is 6.69. The molecule has 110 valence electrons. The molecule has 6 heteroatoms. The molecule has 3 rings (SSSR count). The molecule has 1 heterocycles. The molecule has 0 unspecified atom stereocenters. The number of halogens is 2. The molecule has 22 heavy (non-hydrogen) atoms. The first-order valence-electron chi connectivity index (χ1n) is 6.69. The van der Waals surface area contributed by atoms with Crippen LogP contribution in [0.15, 0.2) is 36.5 Å². The van der Waals surface area contributed by atoms with E-state index in [0.717, 1.165) is 0 Å². The molecule has 0 bridgehead atoms. The van der Waals surface area contributed by atoms with Crippen LogP contribution in [0.25, 0.3) is 11.1 Å². The van der Waals surface area contributed by atoms with Crippen molar-refractivity contribution in [3.8, 4) is 17.2 Å². The van der Waals surface area contributed by atoms with E-state index in [1.807, 2.05) is 0 Å². The molecule has 4 nitrogen and oxygen atoms in total. The summed E-state index contributed by atoms with van der Waals surface area (Å²) >= 11 is 0. The van der Waals surface area contributed by atoms with Gasteiger partial charge in [-0.3, -0.25) is 4.79 Å². The van der Waals surface area contributed by atoms with Crippen molar-refractivity contribution in [2.45, 2.75) is 12.6 Å². The van der Waals surface area contributed by atoms with E-state index >= 15 is 0 Å². The number of hydrogen-bond acceptors (Lipinski definition) is 3. The Bertz CT molecular complexity index is 785. The van der Waals surface area contributed by atoms with Gasteiger partial charge in [-0.05, 0) is 41.8 Å². The zero-order chi connectivity index (χ0) is 15.7. The first kappa shape index (κ1) is 14.1. The largest absolute Gasteiger partial charge is 0.310 e. The standard InChI is InChI=1S/C16H11F2N3O/c17-13-2-1-9(5-11(13)8-19)10-3-4-20-15(6-10)21-16(22)12-7-14(12)18/h1-6,12,14H,7H2,(H,20,21,22)/t12-,14+/m0/s1. The average Bonchev–Trinajstić information content (AvgIpc) is 3.25. The van der Waals surface area contributed by atoms with Crippen LogP contribution in [0.1, 0.15) is 12.0 Å². The number of alkyl halides is 1. The highest BCUT2D eigenvalue weighted by molar-refractivity contribution is 5.94. The monoisotopic (exact) mass is 299 g/mol. The third kappa shape index (κ3) is 2.79. The van der Waals surface area contributed by atoms with Gasteiger partial charge in [-0.25, -0.2) is 13.8 Å². The first-order chi connectivity index (χ1) is 10.6. The molecule has 1 aliphatic carbocycles. The van der Waals surface area contributed by atoms with Gasteiger partial charge in [-0.2, -0.15) is 5.26 Å². The SMILES string of the molecule is N#Cc1cc(-c2ccnc(NC(=O)[C@H]3C[C@H]3F)c2)ccc1F. The van der Waals surface area contributed by atoms with E-state index in [2.05, 4.69) is 10.3 Å². The number of nitrogens with one attached hydrogen (secondary N) is 1. The second-order valence-corrected chi connectivity index (χ2v) is 5.08. The summed E-state index contributed by atoms with van der Waals surface area (Å²) < 4.78 is 26.2. The van der Waals surface area contributed by atoms with Crippen molar-refractivity contribution < 1.29 is 13.6 Å². The lowest BCUT2D eigenvalue weighted by molar-refractivity contribution is -0.117. The number of rotatable bonds is 3. The molecule has 1 fully saturated rings. The van der Waals surface area contributed by atoms with Crippen molar-refractivity contribution in [2.75, 3.05) is 5.32 Å². The summed E-state index contributed by atoms with van der Waals surface area (Å²) in [4.78, 5) is 15.7. The maximum Gasteiger partial charge on any atom is 0.231 e. The van der Waals surface area contributed by atoms with Gasteiger partial charge in [-0.15, -0.1) is 0 Å². The van der Waals surface area contributed by atoms with Gasteiger partial charge in [0, 0.05) is 6.20 Å². The van der Waals surface area contributed by atoms with Crippen molar-refractivity contribution in [1.29, 1.82) is 5.26 Å². The smallest absolute Gasteiger partial charge is 0.231 e. The Labute approximate surface area is 125 Å². The fourth-order valence-electron chi connectivity index (χ4n) is 2.12. The minimum absolute atomic E-state index is 0.0573. The maximum absolute atomic E-state index is 13.3.